The highest BCUT2D eigenvalue weighted by atomic mass is 35.5. The molecule has 1 saturated heterocycles. The van der Waals surface area contributed by atoms with Crippen LogP contribution in [0.25, 0.3) is 0 Å². The van der Waals surface area contributed by atoms with E-state index in [1.54, 1.807) is 0 Å². The smallest absolute Gasteiger partial charge is 0.243 e. The Morgan fingerprint density at radius 3 is 2.65 bits per heavy atom. The Bertz CT molecular complexity index is 569. The average Bonchev–Trinajstić information content (AvgIpc) is 2.31. The third kappa shape index (κ3) is 3.88. The van der Waals surface area contributed by atoms with Gasteiger partial charge in [0, 0.05) is 18.7 Å². The molecule has 20 heavy (non-hydrogen) atoms. The summed E-state index contributed by atoms with van der Waals surface area (Å²) in [5, 5.41) is 3.08. The molecule has 1 aliphatic heterocycles. The van der Waals surface area contributed by atoms with Crippen molar-refractivity contribution in [2.75, 3.05) is 13.1 Å². The molecular weight excluding hydrogens is 310 g/mol. The predicted octanol–water partition coefficient (Wildman–Crippen LogP) is 1.66. The van der Waals surface area contributed by atoms with Crippen molar-refractivity contribution < 1.29 is 17.2 Å². The lowest BCUT2D eigenvalue weighted by molar-refractivity contribution is 0.327. The zero-order valence-corrected chi connectivity index (χ0v) is 12.5. The monoisotopic (exact) mass is 326 g/mol. The lowest BCUT2D eigenvalue weighted by atomic mass is 9.96. The first kappa shape index (κ1) is 17.3. The molecule has 0 amide bonds. The highest BCUT2D eigenvalue weighted by Crippen LogP contribution is 2.18. The Morgan fingerprint density at radius 1 is 1.35 bits per heavy atom. The Morgan fingerprint density at radius 2 is 2.05 bits per heavy atom. The summed E-state index contributed by atoms with van der Waals surface area (Å²) in [5.41, 5.74) is 0. The van der Waals surface area contributed by atoms with Gasteiger partial charge in [-0.15, -0.1) is 12.4 Å². The van der Waals surface area contributed by atoms with Gasteiger partial charge in [-0.3, -0.25) is 0 Å². The minimum Gasteiger partial charge on any atom is -0.315 e. The number of nitrogens with one attached hydrogen (secondary N) is 2. The lowest BCUT2D eigenvalue weighted by Crippen LogP contribution is -2.50. The molecule has 1 aromatic rings. The number of sulfonamides is 1. The van der Waals surface area contributed by atoms with Crippen LogP contribution in [0.2, 0.25) is 0 Å². The number of hydrogen-bond acceptors (Lipinski definition) is 3. The van der Waals surface area contributed by atoms with E-state index in [-0.39, 0.29) is 24.4 Å². The maximum absolute atomic E-state index is 13.5. The van der Waals surface area contributed by atoms with Crippen LogP contribution >= 0.6 is 12.4 Å². The van der Waals surface area contributed by atoms with Gasteiger partial charge in [-0.1, -0.05) is 6.92 Å². The zero-order valence-electron chi connectivity index (χ0n) is 10.9. The van der Waals surface area contributed by atoms with Gasteiger partial charge < -0.3 is 5.32 Å². The number of rotatable bonds is 3. The van der Waals surface area contributed by atoms with Crippen molar-refractivity contribution in [3.63, 3.8) is 0 Å². The Hall–Kier alpha value is -0.760. The normalized spacial score (nSPS) is 23.1. The van der Waals surface area contributed by atoms with E-state index in [4.69, 9.17) is 0 Å². The molecule has 2 rings (SSSR count). The zero-order chi connectivity index (χ0) is 14.0. The van der Waals surface area contributed by atoms with E-state index in [9.17, 15) is 17.2 Å². The quantitative estimate of drug-likeness (QED) is 0.888. The fourth-order valence-electron chi connectivity index (χ4n) is 2.10. The van der Waals surface area contributed by atoms with Crippen molar-refractivity contribution >= 4 is 22.4 Å². The molecule has 1 heterocycles. The van der Waals surface area contributed by atoms with Crippen LogP contribution < -0.4 is 10.0 Å². The van der Waals surface area contributed by atoms with Crippen molar-refractivity contribution in [2.24, 2.45) is 5.92 Å². The SMILES string of the molecule is CC1CCNCC1NS(=O)(=O)c1ccc(F)cc1F.Cl. The predicted molar refractivity (Wildman–Crippen MR) is 74.4 cm³/mol. The summed E-state index contributed by atoms with van der Waals surface area (Å²) in [6.45, 7) is 3.28. The second kappa shape index (κ2) is 6.80. The van der Waals surface area contributed by atoms with Crippen LogP contribution in [0.1, 0.15) is 13.3 Å². The van der Waals surface area contributed by atoms with Crippen molar-refractivity contribution in [3.8, 4) is 0 Å². The van der Waals surface area contributed by atoms with Crippen LogP contribution in [0.3, 0.4) is 0 Å². The number of piperidine rings is 1. The average molecular weight is 327 g/mol. The second-order valence-corrected chi connectivity index (χ2v) is 6.46. The van der Waals surface area contributed by atoms with Gasteiger partial charge in [0.25, 0.3) is 0 Å². The third-order valence-electron chi connectivity index (χ3n) is 3.32. The Labute approximate surface area is 123 Å². The van der Waals surface area contributed by atoms with Crippen molar-refractivity contribution in [1.29, 1.82) is 0 Å². The summed E-state index contributed by atoms with van der Waals surface area (Å²) in [5.74, 6) is -1.72. The first-order valence-electron chi connectivity index (χ1n) is 6.08. The van der Waals surface area contributed by atoms with Gasteiger partial charge in [-0.05, 0) is 31.0 Å². The van der Waals surface area contributed by atoms with Crippen molar-refractivity contribution in [3.05, 3.63) is 29.8 Å². The molecule has 2 atom stereocenters. The second-order valence-electron chi connectivity index (χ2n) is 4.77. The van der Waals surface area contributed by atoms with E-state index < -0.39 is 26.6 Å². The fourth-order valence-corrected chi connectivity index (χ4v) is 3.51. The molecular formula is C12H17ClF2N2O2S. The minimum absolute atomic E-state index is 0. The largest absolute Gasteiger partial charge is 0.315 e. The molecule has 0 radical (unpaired) electrons. The maximum Gasteiger partial charge on any atom is 0.243 e. The molecule has 114 valence electrons. The van der Waals surface area contributed by atoms with Crippen LogP contribution in [-0.4, -0.2) is 27.5 Å². The first-order chi connectivity index (χ1) is 8.90. The number of benzene rings is 1. The number of hydrogen-bond donors (Lipinski definition) is 2. The molecule has 1 fully saturated rings. The topological polar surface area (TPSA) is 58.2 Å². The van der Waals surface area contributed by atoms with Crippen molar-refractivity contribution in [2.45, 2.75) is 24.3 Å². The van der Waals surface area contributed by atoms with Crippen LogP contribution in [-0.2, 0) is 10.0 Å². The van der Waals surface area contributed by atoms with Gasteiger partial charge in [0.1, 0.15) is 16.5 Å². The Balaban J connectivity index is 0.00000200. The standard InChI is InChI=1S/C12H16F2N2O2S.ClH/c1-8-4-5-15-7-11(8)16-19(17,18)12-3-2-9(13)6-10(12)14;/h2-3,6,8,11,15-16H,4-5,7H2,1H3;1H. The molecule has 2 unspecified atom stereocenters. The highest BCUT2D eigenvalue weighted by molar-refractivity contribution is 7.89. The van der Waals surface area contributed by atoms with Crippen LogP contribution in [0.5, 0.6) is 0 Å². The van der Waals surface area contributed by atoms with Crippen LogP contribution in [0, 0.1) is 17.6 Å². The van der Waals surface area contributed by atoms with Gasteiger partial charge in [-0.25, -0.2) is 21.9 Å². The Kier molecular flexibility index (Phi) is 5.88. The van der Waals surface area contributed by atoms with Gasteiger partial charge in [0.05, 0.1) is 0 Å². The molecule has 0 bridgehead atoms. The summed E-state index contributed by atoms with van der Waals surface area (Å²) >= 11 is 0. The molecule has 0 aromatic heterocycles. The molecule has 0 saturated carbocycles. The molecule has 2 N–H and O–H groups in total. The molecule has 0 aliphatic carbocycles. The molecule has 8 heteroatoms. The maximum atomic E-state index is 13.5. The summed E-state index contributed by atoms with van der Waals surface area (Å²) < 4.78 is 52.9. The van der Waals surface area contributed by atoms with Gasteiger partial charge in [-0.2, -0.15) is 0 Å². The van der Waals surface area contributed by atoms with Crippen molar-refractivity contribution in [1.82, 2.24) is 10.0 Å². The summed E-state index contributed by atoms with van der Waals surface area (Å²) in [7, 11) is -3.97. The molecule has 1 aromatic carbocycles. The van der Waals surface area contributed by atoms with Gasteiger partial charge >= 0.3 is 0 Å². The van der Waals surface area contributed by atoms with E-state index in [1.807, 2.05) is 6.92 Å². The fraction of sp³-hybridized carbons (Fsp3) is 0.500. The third-order valence-corrected chi connectivity index (χ3v) is 4.84. The first-order valence-corrected chi connectivity index (χ1v) is 7.56. The van der Waals surface area contributed by atoms with Crippen LogP contribution in [0.15, 0.2) is 23.1 Å². The van der Waals surface area contributed by atoms with Gasteiger partial charge in [0.2, 0.25) is 10.0 Å². The van der Waals surface area contributed by atoms with E-state index in [0.29, 0.717) is 12.6 Å². The summed E-state index contributed by atoms with van der Waals surface area (Å²) in [4.78, 5) is -0.522. The van der Waals surface area contributed by atoms with E-state index >= 15 is 0 Å². The highest BCUT2D eigenvalue weighted by Gasteiger charge is 2.28. The molecule has 0 spiro atoms. The van der Waals surface area contributed by atoms with E-state index in [0.717, 1.165) is 25.1 Å². The van der Waals surface area contributed by atoms with Crippen LogP contribution in [0.4, 0.5) is 8.78 Å². The van der Waals surface area contributed by atoms with Gasteiger partial charge in [0.15, 0.2) is 0 Å². The molecule has 4 nitrogen and oxygen atoms in total. The van der Waals surface area contributed by atoms with E-state index in [1.165, 1.54) is 0 Å². The summed E-state index contributed by atoms with van der Waals surface area (Å²) in [6.07, 6.45) is 0.846. The summed E-state index contributed by atoms with van der Waals surface area (Å²) in [6, 6.07) is 2.15. The molecule has 1 aliphatic rings. The lowest BCUT2D eigenvalue weighted by Gasteiger charge is -2.30. The van der Waals surface area contributed by atoms with E-state index in [2.05, 4.69) is 10.0 Å². The number of halogens is 3. The minimum atomic E-state index is -3.97.